The average molecular weight is 348 g/mol. The molecule has 1 saturated carbocycles. The molecule has 0 spiro atoms. The summed E-state index contributed by atoms with van der Waals surface area (Å²) in [5.41, 5.74) is -0.544. The van der Waals surface area contributed by atoms with Crippen LogP contribution in [0.3, 0.4) is 0 Å². The molecule has 1 aliphatic heterocycles. The van der Waals surface area contributed by atoms with Crippen molar-refractivity contribution < 1.29 is 9.90 Å². The molecule has 1 aromatic carbocycles. The van der Waals surface area contributed by atoms with Crippen LogP contribution in [0.25, 0.3) is 0 Å². The van der Waals surface area contributed by atoms with Gasteiger partial charge >= 0.3 is 0 Å². The summed E-state index contributed by atoms with van der Waals surface area (Å²) < 4.78 is 0. The first-order valence-corrected chi connectivity index (χ1v) is 10.2. The molecule has 3 rings (SSSR count). The van der Waals surface area contributed by atoms with Gasteiger partial charge < -0.3 is 10.0 Å². The molecule has 24 heavy (non-hydrogen) atoms. The van der Waals surface area contributed by atoms with Crippen molar-refractivity contribution in [2.45, 2.75) is 55.8 Å². The minimum absolute atomic E-state index is 0.0323. The van der Waals surface area contributed by atoms with Gasteiger partial charge in [-0.05, 0) is 57.3 Å². The number of carbonyl (C=O) groups excluding carboxylic acids is 1. The molecule has 1 heterocycles. The third-order valence-electron chi connectivity index (χ3n) is 5.66. The van der Waals surface area contributed by atoms with Gasteiger partial charge in [-0.25, -0.2) is 0 Å². The Labute approximate surface area is 149 Å². The van der Waals surface area contributed by atoms with Gasteiger partial charge in [0.2, 0.25) is 5.12 Å². The van der Waals surface area contributed by atoms with E-state index in [1.54, 1.807) is 0 Å². The predicted octanol–water partition coefficient (Wildman–Crippen LogP) is 3.81. The zero-order chi connectivity index (χ0) is 17.0. The van der Waals surface area contributed by atoms with E-state index in [0.717, 1.165) is 57.2 Å². The Kier molecular flexibility index (Phi) is 6.01. The maximum absolute atomic E-state index is 13.2. The lowest BCUT2D eigenvalue weighted by atomic mass is 9.74. The molecule has 0 aromatic heterocycles. The number of carbonyl (C=O) groups is 1. The molecule has 1 unspecified atom stereocenters. The Morgan fingerprint density at radius 2 is 1.71 bits per heavy atom. The lowest BCUT2D eigenvalue weighted by Gasteiger charge is -2.38. The van der Waals surface area contributed by atoms with Crippen LogP contribution >= 0.6 is 11.8 Å². The number of benzene rings is 1. The van der Waals surface area contributed by atoms with Gasteiger partial charge in [0.05, 0.1) is 0 Å². The highest BCUT2D eigenvalue weighted by molar-refractivity contribution is 8.14. The van der Waals surface area contributed by atoms with E-state index < -0.39 is 5.60 Å². The van der Waals surface area contributed by atoms with Gasteiger partial charge in [-0.3, -0.25) is 4.79 Å². The molecule has 1 aliphatic carbocycles. The van der Waals surface area contributed by atoms with Crippen LogP contribution in [0.15, 0.2) is 30.3 Å². The van der Waals surface area contributed by atoms with E-state index in [1.165, 1.54) is 18.2 Å². The van der Waals surface area contributed by atoms with E-state index in [0.29, 0.717) is 5.25 Å². The van der Waals surface area contributed by atoms with Gasteiger partial charge in [-0.2, -0.15) is 0 Å². The lowest BCUT2D eigenvalue weighted by molar-refractivity contribution is -0.136. The van der Waals surface area contributed by atoms with E-state index in [9.17, 15) is 9.90 Å². The summed E-state index contributed by atoms with van der Waals surface area (Å²) in [5.74, 6) is 0.0555. The van der Waals surface area contributed by atoms with Crippen LogP contribution in [-0.2, 0) is 10.4 Å². The Morgan fingerprint density at radius 1 is 1.08 bits per heavy atom. The number of thioether (sulfide) groups is 1. The van der Waals surface area contributed by atoms with Crippen molar-refractivity contribution in [3.63, 3.8) is 0 Å². The summed E-state index contributed by atoms with van der Waals surface area (Å²) in [6.45, 7) is 2.08. The molecule has 1 aromatic rings. The maximum Gasteiger partial charge on any atom is 0.225 e. The van der Waals surface area contributed by atoms with Crippen LogP contribution in [0.2, 0.25) is 0 Å². The molecular weight excluding hydrogens is 318 g/mol. The largest absolute Gasteiger partial charge is 0.376 e. The minimum Gasteiger partial charge on any atom is -0.376 e. The molecule has 1 atom stereocenters. The number of likely N-dealkylation sites (tertiary alicyclic amines) is 1. The molecule has 0 amide bonds. The summed E-state index contributed by atoms with van der Waals surface area (Å²) in [4.78, 5) is 15.5. The van der Waals surface area contributed by atoms with Crippen molar-refractivity contribution in [2.75, 3.05) is 20.1 Å². The molecule has 0 radical (unpaired) electrons. The summed E-state index contributed by atoms with van der Waals surface area (Å²) in [7, 11) is 2.13. The van der Waals surface area contributed by atoms with Gasteiger partial charge in [0.1, 0.15) is 0 Å². The van der Waals surface area contributed by atoms with Gasteiger partial charge in [0.15, 0.2) is 5.60 Å². The molecule has 0 bridgehead atoms. The normalized spacial score (nSPS) is 23.8. The first kappa shape index (κ1) is 18.0. The van der Waals surface area contributed by atoms with E-state index in [1.807, 2.05) is 30.3 Å². The zero-order valence-electron chi connectivity index (χ0n) is 14.6. The summed E-state index contributed by atoms with van der Waals surface area (Å²) in [6, 6.07) is 9.64. The lowest BCUT2D eigenvalue weighted by Crippen LogP contribution is -2.44. The van der Waals surface area contributed by atoms with E-state index >= 15 is 0 Å². The second-order valence-electron chi connectivity index (χ2n) is 7.38. The average Bonchev–Trinajstić information content (AvgIpc) is 2.64. The van der Waals surface area contributed by atoms with E-state index in [4.69, 9.17) is 0 Å². The third-order valence-corrected chi connectivity index (χ3v) is 6.99. The van der Waals surface area contributed by atoms with Crippen molar-refractivity contribution in [1.29, 1.82) is 0 Å². The quantitative estimate of drug-likeness (QED) is 0.899. The molecule has 3 nitrogen and oxygen atoms in total. The van der Waals surface area contributed by atoms with Gasteiger partial charge in [0.25, 0.3) is 0 Å². The predicted molar refractivity (Wildman–Crippen MR) is 100 cm³/mol. The van der Waals surface area contributed by atoms with Crippen LogP contribution in [0.5, 0.6) is 0 Å². The summed E-state index contributed by atoms with van der Waals surface area (Å²) in [5, 5.41) is 11.9. The molecule has 132 valence electrons. The minimum atomic E-state index is -1.32. The number of piperidine rings is 1. The molecular formula is C20H29NO2S. The smallest absolute Gasteiger partial charge is 0.225 e. The molecule has 2 aliphatic rings. The number of rotatable bonds is 4. The highest BCUT2D eigenvalue weighted by Gasteiger charge is 2.46. The molecule has 4 heteroatoms. The highest BCUT2D eigenvalue weighted by atomic mass is 32.2. The number of hydrogen-bond acceptors (Lipinski definition) is 4. The van der Waals surface area contributed by atoms with Crippen molar-refractivity contribution in [1.82, 2.24) is 4.90 Å². The van der Waals surface area contributed by atoms with Crippen molar-refractivity contribution >= 4 is 16.9 Å². The van der Waals surface area contributed by atoms with Gasteiger partial charge in [-0.1, -0.05) is 61.4 Å². The van der Waals surface area contributed by atoms with Crippen LogP contribution in [-0.4, -0.2) is 40.5 Å². The van der Waals surface area contributed by atoms with Crippen LogP contribution in [0.4, 0.5) is 0 Å². The maximum atomic E-state index is 13.2. The summed E-state index contributed by atoms with van der Waals surface area (Å²) in [6.07, 6.45) is 7.41. The molecule has 2 fully saturated rings. The van der Waals surface area contributed by atoms with E-state index in [-0.39, 0.29) is 11.0 Å². The van der Waals surface area contributed by atoms with Gasteiger partial charge in [-0.15, -0.1) is 0 Å². The Bertz CT molecular complexity index is 536. The fourth-order valence-corrected chi connectivity index (χ4v) is 5.29. The van der Waals surface area contributed by atoms with Crippen LogP contribution in [0, 0.1) is 5.92 Å². The number of aliphatic hydroxyl groups is 1. The fourth-order valence-electron chi connectivity index (χ4n) is 4.08. The SMILES string of the molecule is CN1CCC(SC(=O)C(O)(c2ccccc2)C2CCCCC2)CC1. The Morgan fingerprint density at radius 3 is 2.33 bits per heavy atom. The number of nitrogens with zero attached hydrogens (tertiary/aromatic N) is 1. The first-order chi connectivity index (χ1) is 11.6. The zero-order valence-corrected chi connectivity index (χ0v) is 15.4. The van der Waals surface area contributed by atoms with Crippen molar-refractivity contribution in [3.05, 3.63) is 35.9 Å². The number of hydrogen-bond donors (Lipinski definition) is 1. The fraction of sp³-hybridized carbons (Fsp3) is 0.650. The first-order valence-electron chi connectivity index (χ1n) is 9.28. The monoisotopic (exact) mass is 347 g/mol. The Hall–Kier alpha value is -0.840. The molecule has 1 N–H and O–H groups in total. The molecule has 1 saturated heterocycles. The van der Waals surface area contributed by atoms with Crippen molar-refractivity contribution in [3.8, 4) is 0 Å². The summed E-state index contributed by atoms with van der Waals surface area (Å²) >= 11 is 1.40. The Balaban J connectivity index is 1.80. The van der Waals surface area contributed by atoms with Crippen molar-refractivity contribution in [2.24, 2.45) is 5.92 Å². The standard InChI is InChI=1S/C20H29NO2S/c1-21-14-12-18(13-15-21)24-19(22)20(23,16-8-4-2-5-9-16)17-10-6-3-7-11-17/h2,4-5,8-9,17-18,23H,3,6-7,10-15H2,1H3. The van der Waals surface area contributed by atoms with Crippen LogP contribution < -0.4 is 0 Å². The van der Waals surface area contributed by atoms with Gasteiger partial charge in [0, 0.05) is 5.25 Å². The van der Waals surface area contributed by atoms with E-state index in [2.05, 4.69) is 11.9 Å². The third kappa shape index (κ3) is 3.87. The topological polar surface area (TPSA) is 40.5 Å². The second kappa shape index (κ2) is 8.03. The highest BCUT2D eigenvalue weighted by Crippen LogP contribution is 2.43. The van der Waals surface area contributed by atoms with Crippen LogP contribution in [0.1, 0.15) is 50.5 Å². The second-order valence-corrected chi connectivity index (χ2v) is 8.65.